The maximum absolute atomic E-state index is 12.0. The number of rotatable bonds is 10. The first kappa shape index (κ1) is 20.9. The summed E-state index contributed by atoms with van der Waals surface area (Å²) in [6.45, 7) is 1.42. The van der Waals surface area contributed by atoms with E-state index in [1.807, 2.05) is 66.7 Å². The number of ether oxygens (including phenoxy) is 2. The van der Waals surface area contributed by atoms with Crippen molar-refractivity contribution < 1.29 is 14.3 Å². The first-order valence-electron chi connectivity index (χ1n) is 9.46. The van der Waals surface area contributed by atoms with Crippen molar-refractivity contribution >= 4 is 21.8 Å². The Morgan fingerprint density at radius 1 is 0.966 bits per heavy atom. The van der Waals surface area contributed by atoms with Crippen LogP contribution in [0.15, 0.2) is 77.4 Å². The molecule has 0 aliphatic rings. The van der Waals surface area contributed by atoms with Crippen LogP contribution < -0.4 is 14.8 Å². The van der Waals surface area contributed by atoms with E-state index >= 15 is 0 Å². The quantitative estimate of drug-likeness (QED) is 0.442. The third kappa shape index (κ3) is 7.23. The fourth-order valence-electron chi connectivity index (χ4n) is 2.61. The number of para-hydroxylation sites is 1. The fourth-order valence-corrected chi connectivity index (χ4v) is 3.01. The molecule has 1 heterocycles. The van der Waals surface area contributed by atoms with E-state index in [1.54, 1.807) is 6.20 Å². The third-order valence-corrected chi connectivity index (χ3v) is 4.82. The number of aromatic nitrogens is 1. The van der Waals surface area contributed by atoms with E-state index in [-0.39, 0.29) is 5.91 Å². The van der Waals surface area contributed by atoms with Crippen molar-refractivity contribution in [1.82, 2.24) is 10.3 Å². The second-order valence-electron chi connectivity index (χ2n) is 6.41. The monoisotopic (exact) mass is 454 g/mol. The van der Waals surface area contributed by atoms with Gasteiger partial charge >= 0.3 is 0 Å². The predicted molar refractivity (Wildman–Crippen MR) is 116 cm³/mol. The van der Waals surface area contributed by atoms with Crippen LogP contribution in [0.1, 0.15) is 24.1 Å². The zero-order valence-corrected chi connectivity index (χ0v) is 17.6. The van der Waals surface area contributed by atoms with Gasteiger partial charge in [0, 0.05) is 19.2 Å². The van der Waals surface area contributed by atoms with Crippen LogP contribution in [-0.2, 0) is 17.9 Å². The van der Waals surface area contributed by atoms with Crippen LogP contribution in [0.3, 0.4) is 0 Å². The van der Waals surface area contributed by atoms with Crippen LogP contribution >= 0.6 is 15.9 Å². The molecular weight excluding hydrogens is 432 g/mol. The standard InChI is InChI=1S/C23H23BrN2O3/c24-21-7-1-2-8-22(21)28-15-5-9-23(27)26-16-18-10-12-20(13-11-18)29-17-19-6-3-4-14-25-19/h1-4,6-8,10-14H,5,9,15-17H2,(H,26,27). The summed E-state index contributed by atoms with van der Waals surface area (Å²) in [6, 6.07) is 21.1. The summed E-state index contributed by atoms with van der Waals surface area (Å²) in [4.78, 5) is 16.2. The van der Waals surface area contributed by atoms with E-state index in [2.05, 4.69) is 26.2 Å². The highest BCUT2D eigenvalue weighted by Gasteiger charge is 2.04. The molecule has 1 aromatic heterocycles. The highest BCUT2D eigenvalue weighted by molar-refractivity contribution is 9.10. The molecular formula is C23H23BrN2O3. The van der Waals surface area contributed by atoms with Gasteiger partial charge in [0.2, 0.25) is 5.91 Å². The Labute approximate surface area is 179 Å². The van der Waals surface area contributed by atoms with Crippen LogP contribution in [0.2, 0.25) is 0 Å². The largest absolute Gasteiger partial charge is 0.492 e. The number of carbonyl (C=O) groups is 1. The van der Waals surface area contributed by atoms with Gasteiger partial charge in [0.25, 0.3) is 0 Å². The lowest BCUT2D eigenvalue weighted by Gasteiger charge is -2.09. The number of pyridine rings is 1. The molecule has 0 atom stereocenters. The van der Waals surface area contributed by atoms with Crippen LogP contribution in [0, 0.1) is 0 Å². The zero-order valence-electron chi connectivity index (χ0n) is 16.0. The SMILES string of the molecule is O=C(CCCOc1ccccc1Br)NCc1ccc(OCc2ccccn2)cc1. The number of nitrogens with one attached hydrogen (secondary N) is 1. The lowest BCUT2D eigenvalue weighted by Crippen LogP contribution is -2.22. The molecule has 6 heteroatoms. The highest BCUT2D eigenvalue weighted by Crippen LogP contribution is 2.23. The smallest absolute Gasteiger partial charge is 0.220 e. The molecule has 150 valence electrons. The third-order valence-electron chi connectivity index (χ3n) is 4.17. The second-order valence-corrected chi connectivity index (χ2v) is 7.27. The molecule has 2 aromatic carbocycles. The number of amides is 1. The Morgan fingerprint density at radius 2 is 1.76 bits per heavy atom. The molecule has 0 aliphatic carbocycles. The van der Waals surface area contributed by atoms with Crippen LogP contribution in [0.4, 0.5) is 0 Å². The van der Waals surface area contributed by atoms with Crippen molar-refractivity contribution in [2.45, 2.75) is 26.0 Å². The Bertz CT molecular complexity index is 902. The summed E-state index contributed by atoms with van der Waals surface area (Å²) in [7, 11) is 0. The number of hydrogen-bond acceptors (Lipinski definition) is 4. The van der Waals surface area contributed by atoms with Gasteiger partial charge in [0.15, 0.2) is 0 Å². The lowest BCUT2D eigenvalue weighted by atomic mass is 10.2. The lowest BCUT2D eigenvalue weighted by molar-refractivity contribution is -0.121. The maximum Gasteiger partial charge on any atom is 0.220 e. The fraction of sp³-hybridized carbons (Fsp3) is 0.217. The number of nitrogens with zero attached hydrogens (tertiary/aromatic N) is 1. The van der Waals surface area contributed by atoms with E-state index in [1.165, 1.54) is 0 Å². The van der Waals surface area contributed by atoms with E-state index in [0.717, 1.165) is 27.2 Å². The first-order chi connectivity index (χ1) is 14.2. The highest BCUT2D eigenvalue weighted by atomic mass is 79.9. The molecule has 0 spiro atoms. The molecule has 0 radical (unpaired) electrons. The Morgan fingerprint density at radius 3 is 2.52 bits per heavy atom. The minimum atomic E-state index is 0.0104. The van der Waals surface area contributed by atoms with E-state index in [0.29, 0.717) is 32.6 Å². The number of carbonyl (C=O) groups excluding carboxylic acids is 1. The Hall–Kier alpha value is -2.86. The molecule has 0 fully saturated rings. The minimum Gasteiger partial charge on any atom is -0.492 e. The summed E-state index contributed by atoms with van der Waals surface area (Å²) in [5.74, 6) is 1.57. The number of halogens is 1. The van der Waals surface area contributed by atoms with Gasteiger partial charge in [-0.05, 0) is 64.3 Å². The second kappa shape index (κ2) is 11.2. The van der Waals surface area contributed by atoms with E-state index in [9.17, 15) is 4.79 Å². The van der Waals surface area contributed by atoms with Crippen molar-refractivity contribution in [2.75, 3.05) is 6.61 Å². The van der Waals surface area contributed by atoms with Crippen molar-refractivity contribution in [1.29, 1.82) is 0 Å². The van der Waals surface area contributed by atoms with E-state index in [4.69, 9.17) is 9.47 Å². The van der Waals surface area contributed by atoms with Gasteiger partial charge in [-0.3, -0.25) is 9.78 Å². The van der Waals surface area contributed by atoms with Gasteiger partial charge in [-0.25, -0.2) is 0 Å². The van der Waals surface area contributed by atoms with Crippen molar-refractivity contribution in [3.63, 3.8) is 0 Å². The Balaban J connectivity index is 1.33. The van der Waals surface area contributed by atoms with Crippen LogP contribution in [0.25, 0.3) is 0 Å². The van der Waals surface area contributed by atoms with Gasteiger partial charge in [0.1, 0.15) is 18.1 Å². The van der Waals surface area contributed by atoms with Crippen molar-refractivity contribution in [3.8, 4) is 11.5 Å². The summed E-state index contributed by atoms with van der Waals surface area (Å²) >= 11 is 3.44. The predicted octanol–water partition coefficient (Wildman–Crippen LogP) is 4.90. The average molecular weight is 455 g/mol. The molecule has 0 unspecified atom stereocenters. The van der Waals surface area contributed by atoms with Crippen LogP contribution in [0.5, 0.6) is 11.5 Å². The molecule has 1 N–H and O–H groups in total. The molecule has 0 saturated heterocycles. The summed E-state index contributed by atoms with van der Waals surface area (Å²) < 4.78 is 12.3. The van der Waals surface area contributed by atoms with Crippen LogP contribution in [-0.4, -0.2) is 17.5 Å². The molecule has 5 nitrogen and oxygen atoms in total. The minimum absolute atomic E-state index is 0.0104. The Kier molecular flexibility index (Phi) is 8.07. The topological polar surface area (TPSA) is 60.5 Å². The summed E-state index contributed by atoms with van der Waals surface area (Å²) in [6.07, 6.45) is 2.83. The molecule has 3 rings (SSSR count). The summed E-state index contributed by atoms with van der Waals surface area (Å²) in [5.41, 5.74) is 1.90. The summed E-state index contributed by atoms with van der Waals surface area (Å²) in [5, 5.41) is 2.93. The van der Waals surface area contributed by atoms with Gasteiger partial charge in [-0.1, -0.05) is 30.3 Å². The number of benzene rings is 2. The molecule has 29 heavy (non-hydrogen) atoms. The molecule has 0 bridgehead atoms. The van der Waals surface area contributed by atoms with Gasteiger partial charge < -0.3 is 14.8 Å². The molecule has 0 saturated carbocycles. The van der Waals surface area contributed by atoms with Gasteiger partial charge in [-0.15, -0.1) is 0 Å². The van der Waals surface area contributed by atoms with Crippen molar-refractivity contribution in [3.05, 3.63) is 88.7 Å². The molecule has 0 aliphatic heterocycles. The molecule has 1 amide bonds. The molecule has 3 aromatic rings. The maximum atomic E-state index is 12.0. The van der Waals surface area contributed by atoms with Gasteiger partial charge in [0.05, 0.1) is 16.8 Å². The van der Waals surface area contributed by atoms with Gasteiger partial charge in [-0.2, -0.15) is 0 Å². The first-order valence-corrected chi connectivity index (χ1v) is 10.3. The average Bonchev–Trinajstić information content (AvgIpc) is 2.76. The van der Waals surface area contributed by atoms with E-state index < -0.39 is 0 Å². The number of hydrogen-bond donors (Lipinski definition) is 1. The normalized spacial score (nSPS) is 10.4. The zero-order chi connectivity index (χ0) is 20.3. The van der Waals surface area contributed by atoms with Crippen molar-refractivity contribution in [2.24, 2.45) is 0 Å².